The highest BCUT2D eigenvalue weighted by Gasteiger charge is 2.16. The number of carbonyl (C=O) groups is 2. The number of carbonyl (C=O) groups excluding carboxylic acids is 2. The van der Waals surface area contributed by atoms with Gasteiger partial charge in [0, 0.05) is 28.6 Å². The predicted molar refractivity (Wildman–Crippen MR) is 109 cm³/mol. The van der Waals surface area contributed by atoms with Crippen molar-refractivity contribution >= 4 is 33.3 Å². The van der Waals surface area contributed by atoms with Crippen molar-refractivity contribution in [3.8, 4) is 5.75 Å². The number of unbranched alkanes of at least 4 members (excludes halogenated alkanes) is 1. The molecule has 0 aliphatic carbocycles. The summed E-state index contributed by atoms with van der Waals surface area (Å²) in [5, 5.41) is 0.755. The van der Waals surface area contributed by atoms with E-state index in [2.05, 4.69) is 0 Å². The first kappa shape index (κ1) is 19.1. The first-order valence-electron chi connectivity index (χ1n) is 8.91. The van der Waals surface area contributed by atoms with Crippen molar-refractivity contribution in [1.29, 1.82) is 0 Å². The molecular formula is C21H22O3S2. The molecule has 136 valence electrons. The number of ketones is 1. The Morgan fingerprint density at radius 1 is 0.962 bits per heavy atom. The van der Waals surface area contributed by atoms with Crippen molar-refractivity contribution in [2.24, 2.45) is 0 Å². The molecule has 1 unspecified atom stereocenters. The zero-order chi connectivity index (χ0) is 18.2. The van der Waals surface area contributed by atoms with Gasteiger partial charge in [0.2, 0.25) is 0 Å². The summed E-state index contributed by atoms with van der Waals surface area (Å²) in [5.41, 5.74) is 1.24. The molecule has 3 nitrogen and oxygen atoms in total. The number of rotatable bonds is 8. The van der Waals surface area contributed by atoms with Gasteiger partial charge in [0.15, 0.2) is 5.78 Å². The lowest BCUT2D eigenvalue weighted by Gasteiger charge is -2.07. The van der Waals surface area contributed by atoms with E-state index in [9.17, 15) is 9.59 Å². The highest BCUT2D eigenvalue weighted by molar-refractivity contribution is 8.77. The molecule has 0 bridgehead atoms. The lowest BCUT2D eigenvalue weighted by Crippen LogP contribution is -2.08. The van der Waals surface area contributed by atoms with Gasteiger partial charge in [-0.05, 0) is 43.5 Å². The first-order chi connectivity index (χ1) is 12.7. The summed E-state index contributed by atoms with van der Waals surface area (Å²) in [6.45, 7) is 0. The average molecular weight is 387 g/mol. The van der Waals surface area contributed by atoms with Crippen molar-refractivity contribution in [2.75, 3.05) is 5.75 Å². The Morgan fingerprint density at radius 2 is 1.69 bits per heavy atom. The van der Waals surface area contributed by atoms with Gasteiger partial charge in [-0.15, -0.1) is 0 Å². The SMILES string of the molecule is O=C(CCCCC1CCSS1)Oc1ccc(C(=O)c2ccccc2)cc1. The Bertz CT molecular complexity index is 723. The van der Waals surface area contributed by atoms with Crippen LogP contribution in [-0.4, -0.2) is 22.8 Å². The van der Waals surface area contributed by atoms with Crippen molar-refractivity contribution in [3.05, 3.63) is 65.7 Å². The molecule has 0 aromatic heterocycles. The van der Waals surface area contributed by atoms with E-state index in [0.29, 0.717) is 23.3 Å². The highest BCUT2D eigenvalue weighted by atomic mass is 33.1. The molecule has 2 aromatic rings. The summed E-state index contributed by atoms with van der Waals surface area (Å²) in [4.78, 5) is 24.3. The Labute approximate surface area is 162 Å². The van der Waals surface area contributed by atoms with Gasteiger partial charge in [-0.3, -0.25) is 9.59 Å². The lowest BCUT2D eigenvalue weighted by molar-refractivity contribution is -0.134. The van der Waals surface area contributed by atoms with E-state index in [1.54, 1.807) is 36.4 Å². The third-order valence-electron chi connectivity index (χ3n) is 4.27. The van der Waals surface area contributed by atoms with Crippen molar-refractivity contribution in [3.63, 3.8) is 0 Å². The van der Waals surface area contributed by atoms with Crippen LogP contribution in [0.1, 0.15) is 48.0 Å². The molecule has 1 heterocycles. The molecular weight excluding hydrogens is 364 g/mol. The van der Waals surface area contributed by atoms with Crippen LogP contribution in [0.2, 0.25) is 0 Å². The molecule has 0 saturated carbocycles. The molecule has 1 atom stereocenters. The van der Waals surface area contributed by atoms with Crippen LogP contribution in [0.3, 0.4) is 0 Å². The maximum absolute atomic E-state index is 12.4. The van der Waals surface area contributed by atoms with Gasteiger partial charge >= 0.3 is 5.97 Å². The van der Waals surface area contributed by atoms with Crippen LogP contribution in [0.5, 0.6) is 5.75 Å². The minimum absolute atomic E-state index is 0.0357. The summed E-state index contributed by atoms with van der Waals surface area (Å²) < 4.78 is 5.37. The maximum atomic E-state index is 12.4. The first-order valence-corrected chi connectivity index (χ1v) is 11.3. The van der Waals surface area contributed by atoms with Crippen LogP contribution in [0, 0.1) is 0 Å². The number of hydrogen-bond donors (Lipinski definition) is 0. The standard InChI is InChI=1S/C21H22O3S2/c22-20(9-5-4-8-19-14-15-25-26-19)24-18-12-10-17(11-13-18)21(23)16-6-2-1-3-7-16/h1-3,6-7,10-13,19H,4-5,8-9,14-15H2. The number of esters is 1. The minimum Gasteiger partial charge on any atom is -0.427 e. The van der Waals surface area contributed by atoms with E-state index in [0.717, 1.165) is 18.1 Å². The zero-order valence-corrected chi connectivity index (χ0v) is 16.2. The Morgan fingerprint density at radius 3 is 2.38 bits per heavy atom. The number of benzene rings is 2. The summed E-state index contributed by atoms with van der Waals surface area (Å²) in [5.74, 6) is 1.49. The molecule has 0 spiro atoms. The second-order valence-corrected chi connectivity index (χ2v) is 9.06. The molecule has 1 aliphatic heterocycles. The van der Waals surface area contributed by atoms with Crippen LogP contribution in [0.25, 0.3) is 0 Å². The third kappa shape index (κ3) is 5.64. The molecule has 1 fully saturated rings. The van der Waals surface area contributed by atoms with Crippen molar-refractivity contribution < 1.29 is 14.3 Å². The lowest BCUT2D eigenvalue weighted by atomic mass is 10.0. The van der Waals surface area contributed by atoms with Gasteiger partial charge in [-0.1, -0.05) is 58.3 Å². The summed E-state index contributed by atoms with van der Waals surface area (Å²) in [7, 11) is 3.93. The van der Waals surface area contributed by atoms with Gasteiger partial charge in [-0.25, -0.2) is 0 Å². The topological polar surface area (TPSA) is 43.4 Å². The molecule has 5 heteroatoms. The van der Waals surface area contributed by atoms with Crippen LogP contribution in [0.15, 0.2) is 54.6 Å². The molecule has 1 aliphatic rings. The van der Waals surface area contributed by atoms with Crippen LogP contribution >= 0.6 is 21.6 Å². The Kier molecular flexibility index (Phi) is 7.21. The normalized spacial score (nSPS) is 16.4. The van der Waals surface area contributed by atoms with E-state index in [1.165, 1.54) is 18.6 Å². The fourth-order valence-corrected chi connectivity index (χ4v) is 5.85. The highest BCUT2D eigenvalue weighted by Crippen LogP contribution is 2.39. The largest absolute Gasteiger partial charge is 0.427 e. The van der Waals surface area contributed by atoms with Gasteiger partial charge in [0.05, 0.1) is 0 Å². The fraction of sp³-hybridized carbons (Fsp3) is 0.333. The quantitative estimate of drug-likeness (QED) is 0.196. The fourth-order valence-electron chi connectivity index (χ4n) is 2.82. The van der Waals surface area contributed by atoms with Gasteiger partial charge in [0.1, 0.15) is 5.75 Å². The maximum Gasteiger partial charge on any atom is 0.311 e. The van der Waals surface area contributed by atoms with E-state index >= 15 is 0 Å². The second kappa shape index (κ2) is 9.83. The van der Waals surface area contributed by atoms with Crippen LogP contribution in [0.4, 0.5) is 0 Å². The second-order valence-electron chi connectivity index (χ2n) is 6.27. The van der Waals surface area contributed by atoms with E-state index < -0.39 is 0 Å². The van der Waals surface area contributed by atoms with Crippen LogP contribution in [-0.2, 0) is 4.79 Å². The molecule has 0 radical (unpaired) electrons. The van der Waals surface area contributed by atoms with E-state index in [-0.39, 0.29) is 11.8 Å². The Balaban J connectivity index is 1.43. The Hall–Kier alpha value is -1.72. The third-order valence-corrected chi connectivity index (χ3v) is 7.28. The molecule has 2 aromatic carbocycles. The number of ether oxygens (including phenoxy) is 1. The summed E-state index contributed by atoms with van der Waals surface area (Å²) in [6, 6.07) is 15.9. The van der Waals surface area contributed by atoms with E-state index in [1.807, 2.05) is 39.8 Å². The average Bonchev–Trinajstić information content (AvgIpc) is 3.19. The molecule has 26 heavy (non-hydrogen) atoms. The zero-order valence-electron chi connectivity index (χ0n) is 14.6. The smallest absolute Gasteiger partial charge is 0.311 e. The minimum atomic E-state index is -0.208. The van der Waals surface area contributed by atoms with Crippen molar-refractivity contribution in [1.82, 2.24) is 0 Å². The monoisotopic (exact) mass is 386 g/mol. The number of hydrogen-bond acceptors (Lipinski definition) is 5. The van der Waals surface area contributed by atoms with Gasteiger partial charge in [0.25, 0.3) is 0 Å². The molecule has 0 N–H and O–H groups in total. The molecule has 3 rings (SSSR count). The molecule has 0 amide bonds. The predicted octanol–water partition coefficient (Wildman–Crippen LogP) is 5.54. The molecule has 1 saturated heterocycles. The van der Waals surface area contributed by atoms with Gasteiger partial charge < -0.3 is 4.74 Å². The van der Waals surface area contributed by atoms with E-state index in [4.69, 9.17) is 4.74 Å². The van der Waals surface area contributed by atoms with Crippen LogP contribution < -0.4 is 4.74 Å². The van der Waals surface area contributed by atoms with Crippen molar-refractivity contribution in [2.45, 2.75) is 37.4 Å². The summed E-state index contributed by atoms with van der Waals surface area (Å²) in [6.07, 6.45) is 4.84. The summed E-state index contributed by atoms with van der Waals surface area (Å²) >= 11 is 0. The van der Waals surface area contributed by atoms with Gasteiger partial charge in [-0.2, -0.15) is 0 Å².